The average molecular weight is 226 g/mol. The Hall–Kier alpha value is -1.56. The molecular formula is C10H14N2O4. The van der Waals surface area contributed by atoms with Crippen molar-refractivity contribution in [1.82, 2.24) is 10.1 Å². The van der Waals surface area contributed by atoms with Crippen LogP contribution in [0.2, 0.25) is 0 Å². The van der Waals surface area contributed by atoms with E-state index in [-0.39, 0.29) is 12.5 Å². The van der Waals surface area contributed by atoms with Crippen molar-refractivity contribution in [1.29, 1.82) is 0 Å². The number of likely N-dealkylation sites (tertiary alicyclic amines) is 1. The normalized spacial score (nSPS) is 18.1. The Labute approximate surface area is 92.8 Å². The van der Waals surface area contributed by atoms with Crippen LogP contribution in [-0.4, -0.2) is 46.4 Å². The van der Waals surface area contributed by atoms with Crippen molar-refractivity contribution in [3.63, 3.8) is 0 Å². The van der Waals surface area contributed by atoms with Crippen LogP contribution in [0, 0.1) is 6.92 Å². The SMILES string of the molecule is Cc1cc(OCC(=O)N2CC(C)(O)C2)no1. The Morgan fingerprint density at radius 1 is 1.75 bits per heavy atom. The Balaban J connectivity index is 1.77. The van der Waals surface area contributed by atoms with Crippen molar-refractivity contribution in [2.75, 3.05) is 19.7 Å². The number of aromatic nitrogens is 1. The van der Waals surface area contributed by atoms with Crippen molar-refractivity contribution in [3.05, 3.63) is 11.8 Å². The van der Waals surface area contributed by atoms with E-state index in [1.807, 2.05) is 0 Å². The molecule has 0 bridgehead atoms. The molecule has 0 aromatic carbocycles. The summed E-state index contributed by atoms with van der Waals surface area (Å²) in [7, 11) is 0. The van der Waals surface area contributed by atoms with Crippen molar-refractivity contribution in [3.8, 4) is 5.88 Å². The summed E-state index contributed by atoms with van der Waals surface area (Å²) in [6.45, 7) is 4.06. The van der Waals surface area contributed by atoms with E-state index in [2.05, 4.69) is 5.16 Å². The quantitative estimate of drug-likeness (QED) is 0.782. The average Bonchev–Trinajstić information content (AvgIpc) is 2.57. The van der Waals surface area contributed by atoms with Crippen LogP contribution in [0.15, 0.2) is 10.6 Å². The second-order valence-corrected chi connectivity index (χ2v) is 4.31. The van der Waals surface area contributed by atoms with Gasteiger partial charge in [0.1, 0.15) is 5.76 Å². The molecular weight excluding hydrogens is 212 g/mol. The predicted octanol–water partition coefficient (Wildman–Crippen LogP) is -0.0450. The van der Waals surface area contributed by atoms with Crippen LogP contribution in [0.5, 0.6) is 5.88 Å². The summed E-state index contributed by atoms with van der Waals surface area (Å²) in [4.78, 5) is 13.1. The summed E-state index contributed by atoms with van der Waals surface area (Å²) in [5, 5.41) is 13.1. The fourth-order valence-corrected chi connectivity index (χ4v) is 1.59. The first kappa shape index (κ1) is 10.9. The summed E-state index contributed by atoms with van der Waals surface area (Å²) >= 11 is 0. The van der Waals surface area contributed by atoms with Crippen LogP contribution in [0.4, 0.5) is 0 Å². The van der Waals surface area contributed by atoms with E-state index >= 15 is 0 Å². The minimum absolute atomic E-state index is 0.0813. The molecule has 1 fully saturated rings. The van der Waals surface area contributed by atoms with Crippen molar-refractivity contribution >= 4 is 5.91 Å². The third-order valence-electron chi connectivity index (χ3n) is 2.37. The first-order chi connectivity index (χ1) is 7.46. The molecule has 1 aliphatic rings. The van der Waals surface area contributed by atoms with Gasteiger partial charge in [0, 0.05) is 6.07 Å². The maximum Gasteiger partial charge on any atom is 0.260 e. The molecule has 6 nitrogen and oxygen atoms in total. The molecule has 88 valence electrons. The Morgan fingerprint density at radius 3 is 2.94 bits per heavy atom. The molecule has 0 spiro atoms. The number of hydrogen-bond donors (Lipinski definition) is 1. The highest BCUT2D eigenvalue weighted by molar-refractivity contribution is 5.78. The molecule has 2 rings (SSSR count). The lowest BCUT2D eigenvalue weighted by atomic mass is 9.97. The monoisotopic (exact) mass is 226 g/mol. The van der Waals surface area contributed by atoms with Gasteiger partial charge in [-0.25, -0.2) is 0 Å². The van der Waals surface area contributed by atoms with Gasteiger partial charge in [0.05, 0.1) is 18.7 Å². The van der Waals surface area contributed by atoms with Crippen molar-refractivity contribution < 1.29 is 19.2 Å². The van der Waals surface area contributed by atoms with Gasteiger partial charge in [0.25, 0.3) is 11.8 Å². The maximum absolute atomic E-state index is 11.5. The van der Waals surface area contributed by atoms with Crippen LogP contribution >= 0.6 is 0 Å². The summed E-state index contributed by atoms with van der Waals surface area (Å²) < 4.78 is 9.93. The van der Waals surface area contributed by atoms with E-state index in [9.17, 15) is 9.90 Å². The molecule has 1 amide bonds. The molecule has 2 heterocycles. The molecule has 0 unspecified atom stereocenters. The number of carbonyl (C=O) groups is 1. The third-order valence-corrected chi connectivity index (χ3v) is 2.37. The summed E-state index contributed by atoms with van der Waals surface area (Å²) in [5.41, 5.74) is -0.750. The van der Waals surface area contributed by atoms with Crippen LogP contribution in [0.25, 0.3) is 0 Å². The number of nitrogens with zero attached hydrogens (tertiary/aromatic N) is 2. The van der Waals surface area contributed by atoms with Gasteiger partial charge in [-0.15, -0.1) is 0 Å². The number of ether oxygens (including phenoxy) is 1. The minimum Gasteiger partial charge on any atom is -0.465 e. The van der Waals surface area contributed by atoms with Gasteiger partial charge in [0.2, 0.25) is 0 Å². The second kappa shape index (κ2) is 3.79. The highest BCUT2D eigenvalue weighted by Crippen LogP contribution is 2.19. The first-order valence-corrected chi connectivity index (χ1v) is 5.02. The van der Waals surface area contributed by atoms with E-state index in [4.69, 9.17) is 9.26 Å². The van der Waals surface area contributed by atoms with Gasteiger partial charge >= 0.3 is 0 Å². The largest absolute Gasteiger partial charge is 0.465 e. The number of rotatable bonds is 3. The summed E-state index contributed by atoms with van der Waals surface area (Å²) in [5.74, 6) is 0.777. The molecule has 1 N–H and O–H groups in total. The fraction of sp³-hybridized carbons (Fsp3) is 0.600. The molecule has 1 saturated heterocycles. The molecule has 0 aliphatic carbocycles. The molecule has 16 heavy (non-hydrogen) atoms. The topological polar surface area (TPSA) is 75.8 Å². The number of hydrogen-bond acceptors (Lipinski definition) is 5. The molecule has 0 atom stereocenters. The number of amides is 1. The molecule has 0 radical (unpaired) electrons. The van der Waals surface area contributed by atoms with Crippen LogP contribution in [-0.2, 0) is 4.79 Å². The summed E-state index contributed by atoms with van der Waals surface area (Å²) in [6.07, 6.45) is 0. The van der Waals surface area contributed by atoms with Gasteiger partial charge in [0.15, 0.2) is 6.61 Å². The number of carbonyl (C=O) groups excluding carboxylic acids is 1. The third kappa shape index (κ3) is 2.33. The van der Waals surface area contributed by atoms with E-state index in [0.717, 1.165) is 0 Å². The van der Waals surface area contributed by atoms with Crippen LogP contribution < -0.4 is 4.74 Å². The highest BCUT2D eigenvalue weighted by atomic mass is 16.5. The molecule has 6 heteroatoms. The molecule has 0 saturated carbocycles. The number of β-amino-alcohol motifs (C(OH)–C–C–N with tert-alkyl or cyclic N) is 1. The number of aryl methyl sites for hydroxylation is 1. The lowest BCUT2D eigenvalue weighted by Gasteiger charge is -2.43. The van der Waals surface area contributed by atoms with E-state index < -0.39 is 5.60 Å². The van der Waals surface area contributed by atoms with E-state index in [0.29, 0.717) is 24.7 Å². The van der Waals surface area contributed by atoms with Crippen LogP contribution in [0.1, 0.15) is 12.7 Å². The lowest BCUT2D eigenvalue weighted by Crippen LogP contribution is -2.62. The van der Waals surface area contributed by atoms with E-state index in [1.165, 1.54) is 4.90 Å². The maximum atomic E-state index is 11.5. The zero-order valence-electron chi connectivity index (χ0n) is 9.27. The van der Waals surface area contributed by atoms with Gasteiger partial charge in [-0.3, -0.25) is 4.79 Å². The van der Waals surface area contributed by atoms with Crippen LogP contribution in [0.3, 0.4) is 0 Å². The van der Waals surface area contributed by atoms with Crippen molar-refractivity contribution in [2.24, 2.45) is 0 Å². The number of aliphatic hydroxyl groups is 1. The highest BCUT2D eigenvalue weighted by Gasteiger charge is 2.39. The first-order valence-electron chi connectivity index (χ1n) is 5.02. The van der Waals surface area contributed by atoms with Gasteiger partial charge in [-0.1, -0.05) is 0 Å². The zero-order valence-corrected chi connectivity index (χ0v) is 9.27. The van der Waals surface area contributed by atoms with Gasteiger partial charge in [-0.05, 0) is 19.0 Å². The molecule has 1 aromatic rings. The Bertz CT molecular complexity index is 391. The minimum atomic E-state index is -0.750. The molecule has 1 aliphatic heterocycles. The van der Waals surface area contributed by atoms with Gasteiger partial charge < -0.3 is 19.3 Å². The predicted molar refractivity (Wildman–Crippen MR) is 53.9 cm³/mol. The standard InChI is InChI=1S/C10H14N2O4/c1-7-3-8(11-16-7)15-4-9(13)12-5-10(2,14)6-12/h3,14H,4-6H2,1-2H3. The Kier molecular flexibility index (Phi) is 2.59. The molecule has 1 aromatic heterocycles. The van der Waals surface area contributed by atoms with Gasteiger partial charge in [-0.2, -0.15) is 0 Å². The summed E-state index contributed by atoms with van der Waals surface area (Å²) in [6, 6.07) is 1.61. The second-order valence-electron chi connectivity index (χ2n) is 4.31. The lowest BCUT2D eigenvalue weighted by molar-refractivity contribution is -0.154. The van der Waals surface area contributed by atoms with Crippen molar-refractivity contribution in [2.45, 2.75) is 19.4 Å². The zero-order chi connectivity index (χ0) is 11.8. The van der Waals surface area contributed by atoms with E-state index in [1.54, 1.807) is 19.9 Å². The smallest absolute Gasteiger partial charge is 0.260 e. The fourth-order valence-electron chi connectivity index (χ4n) is 1.59. The Morgan fingerprint density at radius 2 is 2.44 bits per heavy atom.